The molecule has 0 aromatic carbocycles. The zero-order chi connectivity index (χ0) is 12.1. The first-order valence-corrected chi connectivity index (χ1v) is 5.66. The van der Waals surface area contributed by atoms with Gasteiger partial charge in [0.1, 0.15) is 19.5 Å². The van der Waals surface area contributed by atoms with Gasteiger partial charge in [-0.3, -0.25) is 4.79 Å². The van der Waals surface area contributed by atoms with Crippen LogP contribution in [0.25, 0.3) is 0 Å². The van der Waals surface area contributed by atoms with E-state index in [0.29, 0.717) is 6.61 Å². The first kappa shape index (κ1) is 11.8. The van der Waals surface area contributed by atoms with Crippen molar-refractivity contribution in [2.24, 2.45) is 0 Å². The Labute approximate surface area is 98.9 Å². The van der Waals surface area contributed by atoms with E-state index in [1.54, 1.807) is 0 Å². The molecule has 0 aliphatic carbocycles. The van der Waals surface area contributed by atoms with Gasteiger partial charge in [0.15, 0.2) is 0 Å². The minimum absolute atomic E-state index is 0.0247. The van der Waals surface area contributed by atoms with Crippen molar-refractivity contribution in [2.75, 3.05) is 18.9 Å². The zero-order valence-corrected chi connectivity index (χ0v) is 9.54. The van der Waals surface area contributed by atoms with E-state index in [9.17, 15) is 4.79 Å². The van der Waals surface area contributed by atoms with Crippen LogP contribution in [0.3, 0.4) is 0 Å². The Balaban J connectivity index is 1.70. The first-order valence-electron chi connectivity index (χ1n) is 5.66. The Morgan fingerprint density at radius 1 is 1.65 bits per heavy atom. The smallest absolute Gasteiger partial charge is 0.327 e. The molecule has 2 heterocycles. The van der Waals surface area contributed by atoms with E-state index in [-0.39, 0.29) is 24.6 Å². The number of carbonyl (C=O) groups is 1. The number of hydrogen-bond donors (Lipinski definition) is 1. The third kappa shape index (κ3) is 3.70. The lowest BCUT2D eigenvalue weighted by atomic mass is 10.1. The molecule has 7 heteroatoms. The van der Waals surface area contributed by atoms with Gasteiger partial charge in [0.25, 0.3) is 0 Å². The number of hydrogen-bond acceptors (Lipinski definition) is 6. The van der Waals surface area contributed by atoms with Crippen molar-refractivity contribution in [3.05, 3.63) is 6.33 Å². The summed E-state index contributed by atoms with van der Waals surface area (Å²) in [5, 5.41) is 3.80. The van der Waals surface area contributed by atoms with Crippen LogP contribution in [0.1, 0.15) is 19.3 Å². The van der Waals surface area contributed by atoms with E-state index in [2.05, 4.69) is 10.1 Å². The quantitative estimate of drug-likeness (QED) is 0.743. The monoisotopic (exact) mass is 240 g/mol. The molecule has 0 spiro atoms. The standard InChI is InChI=1S/C10H16N4O3/c11-10-12-7-14(13-10)5-9(15)17-6-8-3-1-2-4-16-8/h7-8H,1-6H2,(H2,11,13). The average molecular weight is 240 g/mol. The van der Waals surface area contributed by atoms with Gasteiger partial charge in [-0.05, 0) is 19.3 Å². The third-order valence-corrected chi connectivity index (χ3v) is 2.55. The number of ether oxygens (including phenoxy) is 2. The van der Waals surface area contributed by atoms with Crippen molar-refractivity contribution in [3.8, 4) is 0 Å². The summed E-state index contributed by atoms with van der Waals surface area (Å²) in [6, 6.07) is 0. The normalized spacial score (nSPS) is 20.1. The lowest BCUT2D eigenvalue weighted by molar-refractivity contribution is -0.150. The summed E-state index contributed by atoms with van der Waals surface area (Å²) in [6.45, 7) is 1.09. The molecular weight excluding hydrogens is 224 g/mol. The topological polar surface area (TPSA) is 92.3 Å². The minimum Gasteiger partial charge on any atom is -0.462 e. The Morgan fingerprint density at radius 2 is 2.53 bits per heavy atom. The van der Waals surface area contributed by atoms with Crippen LogP contribution in [0.5, 0.6) is 0 Å². The van der Waals surface area contributed by atoms with Gasteiger partial charge >= 0.3 is 5.97 Å². The maximum absolute atomic E-state index is 11.5. The molecule has 1 aliphatic heterocycles. The lowest BCUT2D eigenvalue weighted by Crippen LogP contribution is -2.27. The summed E-state index contributed by atoms with van der Waals surface area (Å²) in [5.74, 6) is -0.211. The van der Waals surface area contributed by atoms with E-state index in [0.717, 1.165) is 25.9 Å². The number of nitrogens with zero attached hydrogens (tertiary/aromatic N) is 3. The fourth-order valence-corrected chi connectivity index (χ4v) is 1.69. The number of nitrogen functional groups attached to an aromatic ring is 1. The molecule has 1 saturated heterocycles. The maximum atomic E-state index is 11.5. The SMILES string of the molecule is Nc1ncn(CC(=O)OCC2CCCCO2)n1. The molecule has 2 rings (SSSR count). The van der Waals surface area contributed by atoms with Crippen molar-refractivity contribution in [2.45, 2.75) is 31.9 Å². The van der Waals surface area contributed by atoms with E-state index in [4.69, 9.17) is 15.2 Å². The zero-order valence-electron chi connectivity index (χ0n) is 9.54. The van der Waals surface area contributed by atoms with Gasteiger partial charge in [0.05, 0.1) is 6.10 Å². The van der Waals surface area contributed by atoms with Crippen LogP contribution >= 0.6 is 0 Å². The molecule has 0 saturated carbocycles. The number of rotatable bonds is 4. The van der Waals surface area contributed by atoms with E-state index in [1.807, 2.05) is 0 Å². The van der Waals surface area contributed by atoms with Crippen LogP contribution < -0.4 is 5.73 Å². The fraction of sp³-hybridized carbons (Fsp3) is 0.700. The van der Waals surface area contributed by atoms with Gasteiger partial charge in [-0.2, -0.15) is 0 Å². The number of carbonyl (C=O) groups excluding carboxylic acids is 1. The number of nitrogens with two attached hydrogens (primary N) is 1. The molecule has 2 N–H and O–H groups in total. The molecule has 1 unspecified atom stereocenters. The number of anilines is 1. The van der Waals surface area contributed by atoms with Gasteiger partial charge in [-0.1, -0.05) is 0 Å². The lowest BCUT2D eigenvalue weighted by Gasteiger charge is -2.21. The Hall–Kier alpha value is -1.63. The van der Waals surface area contributed by atoms with Crippen LogP contribution in [0.15, 0.2) is 6.33 Å². The van der Waals surface area contributed by atoms with E-state index < -0.39 is 0 Å². The Morgan fingerprint density at radius 3 is 3.18 bits per heavy atom. The summed E-state index contributed by atoms with van der Waals surface area (Å²) in [4.78, 5) is 15.2. The Kier molecular flexibility index (Phi) is 3.92. The highest BCUT2D eigenvalue weighted by Gasteiger charge is 2.16. The molecule has 1 aromatic heterocycles. The predicted octanol–water partition coefficient (Wildman–Crippen LogP) is -0.0274. The molecule has 0 bridgehead atoms. The van der Waals surface area contributed by atoms with Crippen molar-refractivity contribution in [1.29, 1.82) is 0 Å². The molecule has 94 valence electrons. The third-order valence-electron chi connectivity index (χ3n) is 2.55. The van der Waals surface area contributed by atoms with E-state index >= 15 is 0 Å². The second-order valence-corrected chi connectivity index (χ2v) is 3.97. The van der Waals surface area contributed by atoms with Gasteiger partial charge in [-0.25, -0.2) is 9.67 Å². The first-order chi connectivity index (χ1) is 8.24. The molecule has 17 heavy (non-hydrogen) atoms. The average Bonchev–Trinajstić information content (AvgIpc) is 2.73. The second kappa shape index (κ2) is 5.62. The highest BCUT2D eigenvalue weighted by molar-refractivity contribution is 5.69. The minimum atomic E-state index is -0.357. The summed E-state index contributed by atoms with van der Waals surface area (Å²) >= 11 is 0. The summed E-state index contributed by atoms with van der Waals surface area (Å²) in [6.07, 6.45) is 4.59. The van der Waals surface area contributed by atoms with Gasteiger partial charge in [0, 0.05) is 6.61 Å². The van der Waals surface area contributed by atoms with Crippen molar-refractivity contribution < 1.29 is 14.3 Å². The van der Waals surface area contributed by atoms with Crippen molar-refractivity contribution in [3.63, 3.8) is 0 Å². The summed E-state index contributed by atoms with van der Waals surface area (Å²) < 4.78 is 11.9. The van der Waals surface area contributed by atoms with Crippen LogP contribution in [-0.4, -0.2) is 40.1 Å². The Bertz CT molecular complexity index is 373. The fourth-order valence-electron chi connectivity index (χ4n) is 1.69. The van der Waals surface area contributed by atoms with Crippen molar-refractivity contribution in [1.82, 2.24) is 14.8 Å². The highest BCUT2D eigenvalue weighted by atomic mass is 16.6. The molecule has 1 fully saturated rings. The van der Waals surface area contributed by atoms with Crippen LogP contribution in [-0.2, 0) is 20.8 Å². The maximum Gasteiger partial charge on any atom is 0.327 e. The highest BCUT2D eigenvalue weighted by Crippen LogP contribution is 2.12. The van der Waals surface area contributed by atoms with Crippen LogP contribution in [0.4, 0.5) is 5.95 Å². The van der Waals surface area contributed by atoms with Crippen molar-refractivity contribution >= 4 is 11.9 Å². The molecule has 0 amide bonds. The van der Waals surface area contributed by atoms with Crippen LogP contribution in [0.2, 0.25) is 0 Å². The predicted molar refractivity (Wildman–Crippen MR) is 59.0 cm³/mol. The molecule has 7 nitrogen and oxygen atoms in total. The van der Waals surface area contributed by atoms with Gasteiger partial charge in [-0.15, -0.1) is 5.10 Å². The second-order valence-electron chi connectivity index (χ2n) is 3.97. The van der Waals surface area contributed by atoms with Gasteiger partial charge in [0.2, 0.25) is 5.95 Å². The molecule has 0 radical (unpaired) electrons. The molecule has 1 aliphatic rings. The number of aromatic nitrogens is 3. The molecule has 1 atom stereocenters. The van der Waals surface area contributed by atoms with Crippen LogP contribution in [0, 0.1) is 0 Å². The molecule has 1 aromatic rings. The largest absolute Gasteiger partial charge is 0.462 e. The summed E-state index contributed by atoms with van der Waals surface area (Å²) in [5.41, 5.74) is 5.33. The van der Waals surface area contributed by atoms with Gasteiger partial charge < -0.3 is 15.2 Å². The van der Waals surface area contributed by atoms with E-state index in [1.165, 1.54) is 11.0 Å². The number of esters is 1. The summed E-state index contributed by atoms with van der Waals surface area (Å²) in [7, 11) is 0. The molecular formula is C10H16N4O3.